The first-order chi connectivity index (χ1) is 10.8. The molecule has 0 saturated carbocycles. The second kappa shape index (κ2) is 7.25. The van der Waals surface area contributed by atoms with Crippen molar-refractivity contribution in [3.8, 4) is 0 Å². The summed E-state index contributed by atoms with van der Waals surface area (Å²) in [6.07, 6.45) is 0. The number of fused-ring (bicyclic) bond motifs is 1. The van der Waals surface area contributed by atoms with Crippen LogP contribution in [0.25, 0.3) is 10.2 Å². The Balaban J connectivity index is 2.38. The van der Waals surface area contributed by atoms with Gasteiger partial charge in [-0.3, -0.25) is 4.79 Å². The maximum atomic E-state index is 12.5. The Hall–Kier alpha value is -1.03. The second-order valence-corrected chi connectivity index (χ2v) is 9.19. The summed E-state index contributed by atoms with van der Waals surface area (Å²) >= 11 is 4.44. The Kier molecular flexibility index (Phi) is 5.77. The number of sulfonamides is 1. The Bertz CT molecular complexity index is 814. The first kappa shape index (κ1) is 18.3. The molecule has 1 amide bonds. The van der Waals surface area contributed by atoms with E-state index in [9.17, 15) is 13.2 Å². The molecule has 0 aliphatic carbocycles. The van der Waals surface area contributed by atoms with Crippen molar-refractivity contribution >= 4 is 58.5 Å². The lowest BCUT2D eigenvalue weighted by molar-refractivity contribution is -0.115. The van der Waals surface area contributed by atoms with Crippen LogP contribution in [0, 0.1) is 0 Å². The molecule has 2 rings (SSSR count). The Morgan fingerprint density at radius 2 is 2.04 bits per heavy atom. The van der Waals surface area contributed by atoms with E-state index in [1.807, 2.05) is 0 Å². The lowest BCUT2D eigenvalue weighted by Crippen LogP contribution is -2.30. The number of carbonyl (C=O) groups excluding carboxylic acids is 1. The van der Waals surface area contributed by atoms with Crippen molar-refractivity contribution in [2.24, 2.45) is 0 Å². The molecule has 1 aromatic carbocycles. The van der Waals surface area contributed by atoms with Crippen molar-refractivity contribution in [1.29, 1.82) is 0 Å². The van der Waals surface area contributed by atoms with E-state index in [2.05, 4.69) is 26.2 Å². The van der Waals surface area contributed by atoms with Crippen LogP contribution in [-0.4, -0.2) is 41.5 Å². The number of aromatic nitrogens is 1. The number of hydrogen-bond donors (Lipinski definition) is 1. The SMILES string of the molecule is CCN(CC)S(=O)(=O)c1ccc2nc(NC(=O)C(C)Br)sc2c1. The Labute approximate surface area is 148 Å². The van der Waals surface area contributed by atoms with E-state index in [4.69, 9.17) is 0 Å². The standard InChI is InChI=1S/C14H18BrN3O3S2/c1-4-18(5-2)23(20,21)10-6-7-11-12(8-10)22-14(16-11)17-13(19)9(3)15/h6-9H,4-5H2,1-3H3,(H,16,17,19). The number of amides is 1. The monoisotopic (exact) mass is 419 g/mol. The number of nitrogens with one attached hydrogen (secondary N) is 1. The fraction of sp³-hybridized carbons (Fsp3) is 0.429. The molecule has 6 nitrogen and oxygen atoms in total. The molecule has 0 aliphatic heterocycles. The molecule has 0 radical (unpaired) electrons. The third kappa shape index (κ3) is 3.90. The van der Waals surface area contributed by atoms with Crippen LogP contribution in [-0.2, 0) is 14.8 Å². The molecule has 23 heavy (non-hydrogen) atoms. The predicted molar refractivity (Wildman–Crippen MR) is 96.7 cm³/mol. The molecule has 9 heteroatoms. The molecule has 0 bridgehead atoms. The maximum absolute atomic E-state index is 12.5. The summed E-state index contributed by atoms with van der Waals surface area (Å²) in [6.45, 7) is 6.17. The number of alkyl halides is 1. The first-order valence-corrected chi connectivity index (χ1v) is 10.3. The van der Waals surface area contributed by atoms with Crippen LogP contribution in [0.15, 0.2) is 23.1 Å². The predicted octanol–water partition coefficient (Wildman–Crippen LogP) is 3.05. The number of thiazole rings is 1. The van der Waals surface area contributed by atoms with Crippen LogP contribution in [0.2, 0.25) is 0 Å². The second-order valence-electron chi connectivity index (χ2n) is 4.84. The van der Waals surface area contributed by atoms with Crippen molar-refractivity contribution < 1.29 is 13.2 Å². The summed E-state index contributed by atoms with van der Waals surface area (Å²) in [4.78, 5) is 15.9. The van der Waals surface area contributed by atoms with Gasteiger partial charge in [0, 0.05) is 13.1 Å². The van der Waals surface area contributed by atoms with Gasteiger partial charge in [0.05, 0.1) is 19.9 Å². The zero-order valence-electron chi connectivity index (χ0n) is 13.0. The highest BCUT2D eigenvalue weighted by Crippen LogP contribution is 2.29. The number of halogens is 1. The molecular weight excluding hydrogens is 402 g/mol. The summed E-state index contributed by atoms with van der Waals surface area (Å²) in [5.41, 5.74) is 0.658. The molecule has 1 N–H and O–H groups in total. The zero-order valence-corrected chi connectivity index (χ0v) is 16.3. The van der Waals surface area contributed by atoms with E-state index in [0.29, 0.717) is 23.7 Å². The molecule has 1 heterocycles. The van der Waals surface area contributed by atoms with Gasteiger partial charge in [0.1, 0.15) is 0 Å². The molecule has 0 aliphatic rings. The minimum absolute atomic E-state index is 0.194. The molecule has 0 fully saturated rings. The molecule has 1 atom stereocenters. The smallest absolute Gasteiger partial charge is 0.243 e. The molecular formula is C14H18BrN3O3S2. The van der Waals surface area contributed by atoms with Gasteiger partial charge in [-0.05, 0) is 25.1 Å². The number of anilines is 1. The summed E-state index contributed by atoms with van der Waals surface area (Å²) in [7, 11) is -3.50. The Morgan fingerprint density at radius 3 is 2.61 bits per heavy atom. The van der Waals surface area contributed by atoms with Crippen molar-refractivity contribution in [1.82, 2.24) is 9.29 Å². The molecule has 2 aromatic rings. The van der Waals surface area contributed by atoms with Gasteiger partial charge >= 0.3 is 0 Å². The lowest BCUT2D eigenvalue weighted by atomic mass is 10.3. The van der Waals surface area contributed by atoms with Crippen molar-refractivity contribution in [2.45, 2.75) is 30.5 Å². The van der Waals surface area contributed by atoms with E-state index in [-0.39, 0.29) is 15.6 Å². The van der Waals surface area contributed by atoms with Gasteiger partial charge in [-0.2, -0.15) is 4.31 Å². The number of carbonyl (C=O) groups is 1. The van der Waals surface area contributed by atoms with E-state index >= 15 is 0 Å². The normalized spacial score (nSPS) is 13.4. The average molecular weight is 420 g/mol. The van der Waals surface area contributed by atoms with Gasteiger partial charge < -0.3 is 5.32 Å². The van der Waals surface area contributed by atoms with E-state index < -0.39 is 10.0 Å². The van der Waals surface area contributed by atoms with Gasteiger partial charge in [-0.25, -0.2) is 13.4 Å². The zero-order chi connectivity index (χ0) is 17.2. The van der Waals surface area contributed by atoms with Gasteiger partial charge in [0.25, 0.3) is 0 Å². The van der Waals surface area contributed by atoms with Gasteiger partial charge in [0.15, 0.2) is 5.13 Å². The van der Waals surface area contributed by atoms with Crippen molar-refractivity contribution in [2.75, 3.05) is 18.4 Å². The number of benzene rings is 1. The highest BCUT2D eigenvalue weighted by molar-refractivity contribution is 9.10. The van der Waals surface area contributed by atoms with Crippen molar-refractivity contribution in [3.05, 3.63) is 18.2 Å². The highest BCUT2D eigenvalue weighted by Gasteiger charge is 2.22. The van der Waals surface area contributed by atoms with Gasteiger partial charge in [-0.1, -0.05) is 41.1 Å². The third-order valence-electron chi connectivity index (χ3n) is 3.29. The van der Waals surface area contributed by atoms with E-state index in [1.165, 1.54) is 15.6 Å². The molecule has 126 valence electrons. The van der Waals surface area contributed by atoms with Crippen LogP contribution in [0.5, 0.6) is 0 Å². The van der Waals surface area contributed by atoms with Crippen LogP contribution in [0.4, 0.5) is 5.13 Å². The topological polar surface area (TPSA) is 79.4 Å². The lowest BCUT2D eigenvalue weighted by Gasteiger charge is -2.18. The van der Waals surface area contributed by atoms with E-state index in [0.717, 1.165) is 4.70 Å². The fourth-order valence-corrected chi connectivity index (χ4v) is 4.62. The number of hydrogen-bond acceptors (Lipinski definition) is 5. The van der Waals surface area contributed by atoms with Crippen LogP contribution >= 0.6 is 27.3 Å². The number of nitrogens with zero attached hydrogens (tertiary/aromatic N) is 2. The summed E-state index contributed by atoms with van der Waals surface area (Å²) < 4.78 is 27.2. The summed E-state index contributed by atoms with van der Waals surface area (Å²) in [5, 5.41) is 3.15. The quantitative estimate of drug-likeness (QED) is 0.729. The van der Waals surface area contributed by atoms with Crippen LogP contribution in [0.3, 0.4) is 0 Å². The summed E-state index contributed by atoms with van der Waals surface area (Å²) in [5.74, 6) is -0.194. The minimum Gasteiger partial charge on any atom is -0.301 e. The maximum Gasteiger partial charge on any atom is 0.243 e. The van der Waals surface area contributed by atoms with Gasteiger partial charge in [-0.15, -0.1) is 0 Å². The highest BCUT2D eigenvalue weighted by atomic mass is 79.9. The average Bonchev–Trinajstić information content (AvgIpc) is 2.89. The number of rotatable bonds is 6. The summed E-state index contributed by atoms with van der Waals surface area (Å²) in [6, 6.07) is 4.82. The third-order valence-corrected chi connectivity index (χ3v) is 6.69. The molecule has 0 saturated heterocycles. The Morgan fingerprint density at radius 1 is 1.39 bits per heavy atom. The molecule has 1 unspecified atom stereocenters. The van der Waals surface area contributed by atoms with E-state index in [1.54, 1.807) is 39.0 Å². The van der Waals surface area contributed by atoms with Gasteiger partial charge in [0.2, 0.25) is 15.9 Å². The molecule has 1 aromatic heterocycles. The first-order valence-electron chi connectivity index (χ1n) is 7.15. The van der Waals surface area contributed by atoms with Crippen LogP contribution in [0.1, 0.15) is 20.8 Å². The minimum atomic E-state index is -3.50. The van der Waals surface area contributed by atoms with Crippen LogP contribution < -0.4 is 5.32 Å². The van der Waals surface area contributed by atoms with Crippen molar-refractivity contribution in [3.63, 3.8) is 0 Å². The largest absolute Gasteiger partial charge is 0.301 e. The molecule has 0 spiro atoms. The fourth-order valence-electron chi connectivity index (χ4n) is 2.04.